The van der Waals surface area contributed by atoms with Gasteiger partial charge in [0.05, 0.1) is 0 Å². The summed E-state index contributed by atoms with van der Waals surface area (Å²) < 4.78 is 5.23. The summed E-state index contributed by atoms with van der Waals surface area (Å²) in [7, 11) is 1.79. The minimum Gasteiger partial charge on any atom is -0.385 e. The van der Waals surface area contributed by atoms with Crippen LogP contribution in [0.2, 0.25) is 0 Å². The fraction of sp³-hybridized carbons (Fsp3) is 0.684. The van der Waals surface area contributed by atoms with Gasteiger partial charge in [0, 0.05) is 26.3 Å². The Kier molecular flexibility index (Phi) is 5.11. The smallest absolute Gasteiger partial charge is 0.0468 e. The lowest BCUT2D eigenvalue weighted by Gasteiger charge is -2.22. The number of ether oxygens (including phenoxy) is 1. The highest BCUT2D eigenvalue weighted by Crippen LogP contribution is 2.48. The van der Waals surface area contributed by atoms with Gasteiger partial charge in [0.15, 0.2) is 0 Å². The lowest BCUT2D eigenvalue weighted by Crippen LogP contribution is -2.27. The van der Waals surface area contributed by atoms with Crippen molar-refractivity contribution in [1.29, 1.82) is 0 Å². The summed E-state index contributed by atoms with van der Waals surface area (Å²) in [5.74, 6) is 0. The Labute approximate surface area is 130 Å². The van der Waals surface area contributed by atoms with Crippen LogP contribution in [-0.2, 0) is 10.2 Å². The molecule has 0 spiro atoms. The first-order valence-corrected chi connectivity index (χ1v) is 8.19. The molecule has 1 aromatic rings. The summed E-state index contributed by atoms with van der Waals surface area (Å²) in [5.41, 5.74) is 3.52. The van der Waals surface area contributed by atoms with Gasteiger partial charge in [-0.05, 0) is 48.1 Å². The third-order valence-corrected chi connectivity index (χ3v) is 4.85. The number of rotatable bonds is 7. The zero-order chi connectivity index (χ0) is 15.5. The maximum atomic E-state index is 5.23. The Bertz CT molecular complexity index is 440. The van der Waals surface area contributed by atoms with Crippen LogP contribution in [0.1, 0.15) is 64.1 Å². The van der Waals surface area contributed by atoms with Crippen molar-refractivity contribution in [2.45, 2.75) is 58.4 Å². The molecule has 0 aliphatic heterocycles. The molecule has 118 valence electrons. The lowest BCUT2D eigenvalue weighted by atomic mass is 9.86. The normalized spacial score (nSPS) is 18.5. The Morgan fingerprint density at radius 2 is 1.81 bits per heavy atom. The number of hydrogen-bond donors (Lipinski definition) is 1. The van der Waals surface area contributed by atoms with Crippen LogP contribution in [0.15, 0.2) is 24.3 Å². The van der Waals surface area contributed by atoms with E-state index in [4.69, 9.17) is 4.74 Å². The Morgan fingerprint density at radius 3 is 2.29 bits per heavy atom. The fourth-order valence-corrected chi connectivity index (χ4v) is 2.77. The van der Waals surface area contributed by atoms with E-state index in [1.165, 1.54) is 30.4 Å². The van der Waals surface area contributed by atoms with Crippen LogP contribution >= 0.6 is 0 Å². The average molecular weight is 289 g/mol. The zero-order valence-electron chi connectivity index (χ0n) is 14.3. The molecule has 1 aliphatic carbocycles. The highest BCUT2D eigenvalue weighted by atomic mass is 16.5. The summed E-state index contributed by atoms with van der Waals surface area (Å²) in [6.07, 6.45) is 3.88. The molecule has 0 heterocycles. The van der Waals surface area contributed by atoms with E-state index in [0.717, 1.165) is 13.2 Å². The van der Waals surface area contributed by atoms with E-state index in [1.807, 2.05) is 0 Å². The van der Waals surface area contributed by atoms with Crippen molar-refractivity contribution < 1.29 is 4.74 Å². The van der Waals surface area contributed by atoms with Crippen molar-refractivity contribution in [2.75, 3.05) is 20.3 Å². The van der Waals surface area contributed by atoms with Gasteiger partial charge in [-0.2, -0.15) is 0 Å². The Balaban J connectivity index is 1.87. The van der Waals surface area contributed by atoms with Gasteiger partial charge < -0.3 is 10.1 Å². The summed E-state index contributed by atoms with van der Waals surface area (Å²) in [6, 6.07) is 9.50. The molecule has 1 unspecified atom stereocenters. The monoisotopic (exact) mass is 289 g/mol. The predicted octanol–water partition coefficient (Wildman–Crippen LogP) is 4.45. The molecule has 1 fully saturated rings. The molecule has 1 N–H and O–H groups in total. The van der Waals surface area contributed by atoms with E-state index in [-0.39, 0.29) is 5.41 Å². The fourth-order valence-electron chi connectivity index (χ4n) is 2.77. The molecule has 1 aliphatic rings. The summed E-state index contributed by atoms with van der Waals surface area (Å²) in [6.45, 7) is 11.0. The second-order valence-corrected chi connectivity index (χ2v) is 7.72. The molecule has 0 amide bonds. The van der Waals surface area contributed by atoms with Crippen LogP contribution in [0.5, 0.6) is 0 Å². The van der Waals surface area contributed by atoms with E-state index in [9.17, 15) is 0 Å². The van der Waals surface area contributed by atoms with Crippen LogP contribution in [-0.4, -0.2) is 20.3 Å². The van der Waals surface area contributed by atoms with Gasteiger partial charge >= 0.3 is 0 Å². The van der Waals surface area contributed by atoms with Crippen molar-refractivity contribution in [3.63, 3.8) is 0 Å². The van der Waals surface area contributed by atoms with Crippen molar-refractivity contribution in [3.05, 3.63) is 35.4 Å². The molecular formula is C19H31NO. The molecule has 21 heavy (non-hydrogen) atoms. The van der Waals surface area contributed by atoms with Gasteiger partial charge in [-0.1, -0.05) is 45.0 Å². The highest BCUT2D eigenvalue weighted by molar-refractivity contribution is 5.29. The SMILES string of the molecule is COCCC1(CNC(C)c2ccc(C(C)(C)C)cc2)CC1. The van der Waals surface area contributed by atoms with Crippen molar-refractivity contribution in [2.24, 2.45) is 5.41 Å². The van der Waals surface area contributed by atoms with E-state index >= 15 is 0 Å². The van der Waals surface area contributed by atoms with Crippen LogP contribution in [0.4, 0.5) is 0 Å². The Morgan fingerprint density at radius 1 is 1.19 bits per heavy atom. The quantitative estimate of drug-likeness (QED) is 0.800. The van der Waals surface area contributed by atoms with Gasteiger partial charge in [0.2, 0.25) is 0 Å². The van der Waals surface area contributed by atoms with Crippen molar-refractivity contribution in [1.82, 2.24) is 5.32 Å². The van der Waals surface area contributed by atoms with E-state index < -0.39 is 0 Å². The number of hydrogen-bond acceptors (Lipinski definition) is 2. The van der Waals surface area contributed by atoms with E-state index in [2.05, 4.69) is 57.3 Å². The molecule has 2 rings (SSSR count). The van der Waals surface area contributed by atoms with Gasteiger partial charge in [0.25, 0.3) is 0 Å². The van der Waals surface area contributed by atoms with E-state index in [1.54, 1.807) is 7.11 Å². The first-order valence-electron chi connectivity index (χ1n) is 8.19. The largest absolute Gasteiger partial charge is 0.385 e. The Hall–Kier alpha value is -0.860. The molecule has 2 nitrogen and oxygen atoms in total. The second kappa shape index (κ2) is 6.50. The molecule has 1 aromatic carbocycles. The standard InChI is InChI=1S/C19H31NO/c1-15(20-14-19(10-11-19)12-13-21-5)16-6-8-17(9-7-16)18(2,3)4/h6-9,15,20H,10-14H2,1-5H3. The molecule has 0 saturated heterocycles. The molecule has 0 aromatic heterocycles. The van der Waals surface area contributed by atoms with Crippen molar-refractivity contribution >= 4 is 0 Å². The lowest BCUT2D eigenvalue weighted by molar-refractivity contribution is 0.170. The van der Waals surface area contributed by atoms with Crippen LogP contribution < -0.4 is 5.32 Å². The number of methoxy groups -OCH3 is 1. The van der Waals surface area contributed by atoms with Gasteiger partial charge in [0.1, 0.15) is 0 Å². The molecular weight excluding hydrogens is 258 g/mol. The van der Waals surface area contributed by atoms with Gasteiger partial charge in [-0.25, -0.2) is 0 Å². The molecule has 1 atom stereocenters. The van der Waals surface area contributed by atoms with Crippen LogP contribution in [0.25, 0.3) is 0 Å². The zero-order valence-corrected chi connectivity index (χ0v) is 14.3. The molecule has 1 saturated carbocycles. The number of nitrogens with one attached hydrogen (secondary N) is 1. The first kappa shape index (κ1) is 16.5. The van der Waals surface area contributed by atoms with Gasteiger partial charge in [-0.15, -0.1) is 0 Å². The molecule has 0 radical (unpaired) electrons. The maximum absolute atomic E-state index is 5.23. The summed E-state index contributed by atoms with van der Waals surface area (Å²) in [4.78, 5) is 0. The van der Waals surface area contributed by atoms with E-state index in [0.29, 0.717) is 11.5 Å². The molecule has 0 bridgehead atoms. The summed E-state index contributed by atoms with van der Waals surface area (Å²) in [5, 5.41) is 3.71. The maximum Gasteiger partial charge on any atom is 0.0468 e. The third-order valence-electron chi connectivity index (χ3n) is 4.85. The minimum atomic E-state index is 0.230. The number of benzene rings is 1. The van der Waals surface area contributed by atoms with Gasteiger partial charge in [-0.3, -0.25) is 0 Å². The first-order chi connectivity index (χ1) is 9.86. The average Bonchev–Trinajstić information content (AvgIpc) is 3.22. The van der Waals surface area contributed by atoms with Crippen LogP contribution in [0.3, 0.4) is 0 Å². The third kappa shape index (κ3) is 4.55. The molecule has 2 heteroatoms. The topological polar surface area (TPSA) is 21.3 Å². The predicted molar refractivity (Wildman–Crippen MR) is 89.7 cm³/mol. The minimum absolute atomic E-state index is 0.230. The van der Waals surface area contributed by atoms with Crippen molar-refractivity contribution in [3.8, 4) is 0 Å². The highest BCUT2D eigenvalue weighted by Gasteiger charge is 2.41. The van der Waals surface area contributed by atoms with Crippen LogP contribution in [0, 0.1) is 5.41 Å². The summed E-state index contributed by atoms with van der Waals surface area (Å²) >= 11 is 0. The second-order valence-electron chi connectivity index (χ2n) is 7.72.